The van der Waals surface area contributed by atoms with Gasteiger partial charge in [0, 0.05) is 0 Å². The molecule has 118 valence electrons. The Hall–Kier alpha value is -1.57. The summed E-state index contributed by atoms with van der Waals surface area (Å²) >= 11 is 0. The quantitative estimate of drug-likeness (QED) is 0.903. The Balaban J connectivity index is 2.98. The van der Waals surface area contributed by atoms with Crippen molar-refractivity contribution in [3.05, 3.63) is 34.9 Å². The van der Waals surface area contributed by atoms with Gasteiger partial charge < -0.3 is 5.11 Å². The number of carboxylic acid groups (broad SMARTS) is 1. The maximum absolute atomic E-state index is 12.5. The van der Waals surface area contributed by atoms with Gasteiger partial charge in [-0.05, 0) is 19.4 Å². The molecule has 0 bridgehead atoms. The molecule has 0 amide bonds. The van der Waals surface area contributed by atoms with E-state index in [0.717, 1.165) is 11.1 Å². The van der Waals surface area contributed by atoms with Gasteiger partial charge in [0.2, 0.25) is 0 Å². The Labute approximate surface area is 120 Å². The van der Waals surface area contributed by atoms with Crippen LogP contribution in [-0.4, -0.2) is 31.4 Å². The van der Waals surface area contributed by atoms with Gasteiger partial charge in [-0.1, -0.05) is 29.3 Å². The number of carbonyl (C=O) groups is 1. The second-order valence-electron chi connectivity index (χ2n) is 4.98. The van der Waals surface area contributed by atoms with Crippen LogP contribution in [0.15, 0.2) is 18.2 Å². The van der Waals surface area contributed by atoms with Crippen LogP contribution in [0.4, 0.5) is 13.2 Å². The summed E-state index contributed by atoms with van der Waals surface area (Å²) in [5.74, 6) is -7.17. The van der Waals surface area contributed by atoms with Crippen molar-refractivity contribution in [1.29, 1.82) is 0 Å². The van der Waals surface area contributed by atoms with Gasteiger partial charge in [0.1, 0.15) is 0 Å². The molecule has 1 unspecified atom stereocenters. The highest BCUT2D eigenvalue weighted by atomic mass is 32.2. The fourth-order valence-corrected chi connectivity index (χ4v) is 3.66. The van der Waals surface area contributed by atoms with Gasteiger partial charge in [-0.3, -0.25) is 4.79 Å². The summed E-state index contributed by atoms with van der Waals surface area (Å²) in [6.45, 7) is 3.47. The summed E-state index contributed by atoms with van der Waals surface area (Å²) in [5.41, 5.74) is 1.91. The lowest BCUT2D eigenvalue weighted by molar-refractivity contribution is -0.189. The second-order valence-corrected chi connectivity index (χ2v) is 7.09. The maximum atomic E-state index is 12.5. The van der Waals surface area contributed by atoms with Crippen molar-refractivity contribution in [1.82, 2.24) is 0 Å². The molecule has 0 aromatic heterocycles. The normalized spacial score (nSPS) is 14.0. The third-order valence-electron chi connectivity index (χ3n) is 2.78. The van der Waals surface area contributed by atoms with Gasteiger partial charge in [0.05, 0.1) is 11.5 Å². The number of hydrogen-bond acceptors (Lipinski definition) is 3. The molecule has 1 aromatic carbocycles. The molecule has 0 aliphatic carbocycles. The lowest BCUT2D eigenvalue weighted by atomic mass is 10.1. The topological polar surface area (TPSA) is 71.4 Å². The zero-order chi connectivity index (χ0) is 16.4. The molecular formula is C13H15F3O4S. The number of aryl methyl sites for hydroxylation is 2. The number of rotatable bonds is 5. The zero-order valence-corrected chi connectivity index (χ0v) is 12.3. The lowest BCUT2D eigenvalue weighted by Crippen LogP contribution is -2.36. The molecule has 0 aliphatic rings. The Morgan fingerprint density at radius 1 is 1.19 bits per heavy atom. The minimum atomic E-state index is -5.10. The summed E-state index contributed by atoms with van der Waals surface area (Å²) in [6.07, 6.45) is -5.10. The molecule has 8 heteroatoms. The third kappa shape index (κ3) is 5.37. The van der Waals surface area contributed by atoms with Gasteiger partial charge in [-0.2, -0.15) is 13.2 Å². The highest BCUT2D eigenvalue weighted by Crippen LogP contribution is 2.28. The molecule has 1 N–H and O–H groups in total. The highest BCUT2D eigenvalue weighted by molar-refractivity contribution is 7.90. The van der Waals surface area contributed by atoms with Crippen molar-refractivity contribution in [2.75, 3.05) is 5.75 Å². The molecule has 4 nitrogen and oxygen atoms in total. The fraction of sp³-hybridized carbons (Fsp3) is 0.462. The summed E-state index contributed by atoms with van der Waals surface area (Å²) < 4.78 is 61.2. The van der Waals surface area contributed by atoms with Crippen molar-refractivity contribution in [2.24, 2.45) is 5.92 Å². The van der Waals surface area contributed by atoms with Crippen LogP contribution < -0.4 is 0 Å². The average Bonchev–Trinajstić information content (AvgIpc) is 2.21. The minimum absolute atomic E-state index is 0.346. The Bertz CT molecular complexity index is 615. The van der Waals surface area contributed by atoms with Crippen molar-refractivity contribution in [3.8, 4) is 0 Å². The molecule has 0 heterocycles. The van der Waals surface area contributed by atoms with E-state index in [-0.39, 0.29) is 0 Å². The summed E-state index contributed by atoms with van der Waals surface area (Å²) in [6, 6.07) is 4.90. The molecule has 1 atom stereocenters. The predicted octanol–water partition coefficient (Wildman–Crippen LogP) is 2.48. The molecule has 0 radical (unpaired) electrons. The van der Waals surface area contributed by atoms with Crippen molar-refractivity contribution >= 4 is 15.8 Å². The third-order valence-corrected chi connectivity index (χ3v) is 4.40. The van der Waals surface area contributed by atoms with E-state index < -0.39 is 39.4 Å². The van der Waals surface area contributed by atoms with Crippen LogP contribution in [0.3, 0.4) is 0 Å². The first-order chi connectivity index (χ1) is 9.40. The standard InChI is InChI=1S/C13H15F3O4S/c1-8-3-9(2)5-10(4-8)6-21(19,20)7-11(12(17)18)13(14,15)16/h3-5,11H,6-7H2,1-2H3,(H,17,18). The van der Waals surface area contributed by atoms with E-state index in [1.165, 1.54) is 0 Å². The monoisotopic (exact) mass is 324 g/mol. The minimum Gasteiger partial charge on any atom is -0.481 e. The Morgan fingerprint density at radius 3 is 2.05 bits per heavy atom. The first-order valence-corrected chi connectivity index (χ1v) is 7.80. The highest BCUT2D eigenvalue weighted by Gasteiger charge is 2.47. The molecule has 21 heavy (non-hydrogen) atoms. The molecule has 0 saturated heterocycles. The average molecular weight is 324 g/mol. The van der Waals surface area contributed by atoms with E-state index >= 15 is 0 Å². The number of carboxylic acids is 1. The van der Waals surface area contributed by atoms with Crippen molar-refractivity contribution in [2.45, 2.75) is 25.8 Å². The number of alkyl halides is 3. The summed E-state index contributed by atoms with van der Waals surface area (Å²) in [5, 5.41) is 8.54. The Morgan fingerprint density at radius 2 is 1.67 bits per heavy atom. The number of halogens is 3. The molecular weight excluding hydrogens is 309 g/mol. The van der Waals surface area contributed by atoms with E-state index in [9.17, 15) is 26.4 Å². The molecule has 0 fully saturated rings. The van der Waals surface area contributed by atoms with E-state index in [1.54, 1.807) is 32.0 Å². The van der Waals surface area contributed by atoms with Gasteiger partial charge in [-0.15, -0.1) is 0 Å². The number of sulfone groups is 1. The van der Waals surface area contributed by atoms with E-state index in [0.29, 0.717) is 5.56 Å². The second kappa shape index (κ2) is 6.05. The van der Waals surface area contributed by atoms with Crippen LogP contribution in [0.25, 0.3) is 0 Å². The summed E-state index contributed by atoms with van der Waals surface area (Å²) in [4.78, 5) is 10.6. The van der Waals surface area contributed by atoms with Crippen LogP contribution in [0.2, 0.25) is 0 Å². The lowest BCUT2D eigenvalue weighted by Gasteiger charge is -2.16. The molecule has 0 aliphatic heterocycles. The van der Waals surface area contributed by atoms with Crippen LogP contribution >= 0.6 is 0 Å². The first-order valence-electron chi connectivity index (χ1n) is 5.98. The zero-order valence-electron chi connectivity index (χ0n) is 11.4. The largest absolute Gasteiger partial charge is 0.481 e. The van der Waals surface area contributed by atoms with Gasteiger partial charge >= 0.3 is 12.1 Å². The molecule has 1 aromatic rings. The van der Waals surface area contributed by atoms with Gasteiger partial charge in [-0.25, -0.2) is 8.42 Å². The Kier molecular flexibility index (Phi) is 5.03. The summed E-state index contributed by atoms with van der Waals surface area (Å²) in [7, 11) is -4.20. The van der Waals surface area contributed by atoms with E-state index in [4.69, 9.17) is 5.11 Å². The number of hydrogen-bond donors (Lipinski definition) is 1. The van der Waals surface area contributed by atoms with E-state index in [2.05, 4.69) is 0 Å². The molecule has 0 spiro atoms. The number of benzene rings is 1. The van der Waals surface area contributed by atoms with Gasteiger partial charge in [0.15, 0.2) is 15.8 Å². The van der Waals surface area contributed by atoms with Crippen LogP contribution in [0.1, 0.15) is 16.7 Å². The van der Waals surface area contributed by atoms with Gasteiger partial charge in [0.25, 0.3) is 0 Å². The fourth-order valence-electron chi connectivity index (χ4n) is 2.02. The van der Waals surface area contributed by atoms with Crippen LogP contribution in [0, 0.1) is 19.8 Å². The first kappa shape index (κ1) is 17.5. The molecule has 0 saturated carbocycles. The van der Waals surface area contributed by atoms with Crippen molar-refractivity contribution < 1.29 is 31.5 Å². The van der Waals surface area contributed by atoms with Crippen LogP contribution in [-0.2, 0) is 20.4 Å². The molecule has 1 rings (SSSR count). The maximum Gasteiger partial charge on any atom is 0.403 e. The number of aliphatic carboxylic acids is 1. The van der Waals surface area contributed by atoms with E-state index in [1.807, 2.05) is 0 Å². The van der Waals surface area contributed by atoms with Crippen molar-refractivity contribution in [3.63, 3.8) is 0 Å². The van der Waals surface area contributed by atoms with Crippen LogP contribution in [0.5, 0.6) is 0 Å². The SMILES string of the molecule is Cc1cc(C)cc(CS(=O)(=O)CC(C(=O)O)C(F)(F)F)c1. The smallest absolute Gasteiger partial charge is 0.403 e. The predicted molar refractivity (Wildman–Crippen MR) is 70.6 cm³/mol.